The highest BCUT2D eigenvalue weighted by Crippen LogP contribution is 2.19. The number of benzene rings is 1. The van der Waals surface area contributed by atoms with Crippen LogP contribution in [0.3, 0.4) is 0 Å². The van der Waals surface area contributed by atoms with Crippen LogP contribution in [0.4, 0.5) is 0 Å². The van der Waals surface area contributed by atoms with E-state index in [0.29, 0.717) is 13.1 Å². The number of nitrogens with zero attached hydrogens (tertiary/aromatic N) is 2. The van der Waals surface area contributed by atoms with Gasteiger partial charge in [0, 0.05) is 18.2 Å². The zero-order chi connectivity index (χ0) is 12.8. The molecular formula is C14H18N2O2. The van der Waals surface area contributed by atoms with Gasteiger partial charge >= 0.3 is 0 Å². The van der Waals surface area contributed by atoms with Crippen LogP contribution in [-0.2, 0) is 6.54 Å². The molecule has 0 aliphatic carbocycles. The predicted octanol–water partition coefficient (Wildman–Crippen LogP) is 2.16. The molecule has 0 saturated carbocycles. The SMILES string of the molecule is CCN(CCO)Cc1cc(-c2ccccc2)no1. The first-order valence-corrected chi connectivity index (χ1v) is 6.17. The molecule has 96 valence electrons. The number of likely N-dealkylation sites (N-methyl/N-ethyl adjacent to an activating group) is 1. The summed E-state index contributed by atoms with van der Waals surface area (Å²) in [4.78, 5) is 2.11. The lowest BCUT2D eigenvalue weighted by Crippen LogP contribution is -2.25. The van der Waals surface area contributed by atoms with E-state index in [1.54, 1.807) is 0 Å². The molecular weight excluding hydrogens is 228 g/mol. The van der Waals surface area contributed by atoms with Gasteiger partial charge in [-0.25, -0.2) is 0 Å². The Morgan fingerprint density at radius 2 is 2.06 bits per heavy atom. The van der Waals surface area contributed by atoms with Gasteiger partial charge in [-0.2, -0.15) is 0 Å². The number of aliphatic hydroxyl groups is 1. The summed E-state index contributed by atoms with van der Waals surface area (Å²) < 4.78 is 5.32. The smallest absolute Gasteiger partial charge is 0.151 e. The molecule has 2 aromatic rings. The fraction of sp³-hybridized carbons (Fsp3) is 0.357. The molecule has 0 aliphatic rings. The third kappa shape index (κ3) is 3.18. The second-order valence-corrected chi connectivity index (χ2v) is 4.14. The van der Waals surface area contributed by atoms with Gasteiger partial charge in [-0.3, -0.25) is 4.90 Å². The van der Waals surface area contributed by atoms with Gasteiger partial charge in [0.1, 0.15) is 5.69 Å². The van der Waals surface area contributed by atoms with Crippen LogP contribution in [0.5, 0.6) is 0 Å². The highest BCUT2D eigenvalue weighted by molar-refractivity contribution is 5.58. The third-order valence-electron chi connectivity index (χ3n) is 2.87. The summed E-state index contributed by atoms with van der Waals surface area (Å²) in [5.41, 5.74) is 1.91. The maximum Gasteiger partial charge on any atom is 0.151 e. The van der Waals surface area contributed by atoms with Gasteiger partial charge in [0.25, 0.3) is 0 Å². The van der Waals surface area contributed by atoms with Crippen molar-refractivity contribution in [3.63, 3.8) is 0 Å². The van der Waals surface area contributed by atoms with Gasteiger partial charge in [-0.05, 0) is 6.54 Å². The highest BCUT2D eigenvalue weighted by atomic mass is 16.5. The Morgan fingerprint density at radius 1 is 1.28 bits per heavy atom. The van der Waals surface area contributed by atoms with Crippen LogP contribution >= 0.6 is 0 Å². The Labute approximate surface area is 107 Å². The van der Waals surface area contributed by atoms with Gasteiger partial charge in [0.2, 0.25) is 0 Å². The Morgan fingerprint density at radius 3 is 2.72 bits per heavy atom. The molecule has 4 nitrogen and oxygen atoms in total. The molecule has 1 aromatic heterocycles. The summed E-state index contributed by atoms with van der Waals surface area (Å²) in [7, 11) is 0. The Bertz CT molecular complexity index is 468. The van der Waals surface area contributed by atoms with E-state index in [-0.39, 0.29) is 6.61 Å². The summed E-state index contributed by atoms with van der Waals surface area (Å²) in [6, 6.07) is 11.9. The third-order valence-corrected chi connectivity index (χ3v) is 2.87. The van der Waals surface area contributed by atoms with Crippen molar-refractivity contribution < 1.29 is 9.63 Å². The first-order chi connectivity index (χ1) is 8.83. The largest absolute Gasteiger partial charge is 0.395 e. The number of hydrogen-bond donors (Lipinski definition) is 1. The number of hydrogen-bond acceptors (Lipinski definition) is 4. The van der Waals surface area contributed by atoms with Crippen LogP contribution in [0, 0.1) is 0 Å². The van der Waals surface area contributed by atoms with Crippen molar-refractivity contribution in [3.8, 4) is 11.3 Å². The van der Waals surface area contributed by atoms with E-state index in [0.717, 1.165) is 23.6 Å². The molecule has 4 heteroatoms. The maximum absolute atomic E-state index is 8.94. The first-order valence-electron chi connectivity index (χ1n) is 6.17. The Kier molecular flexibility index (Phi) is 4.50. The van der Waals surface area contributed by atoms with Gasteiger partial charge in [0.15, 0.2) is 5.76 Å². The molecule has 1 heterocycles. The average Bonchev–Trinajstić information content (AvgIpc) is 2.88. The molecule has 0 unspecified atom stereocenters. The van der Waals surface area contributed by atoms with Crippen molar-refractivity contribution in [3.05, 3.63) is 42.2 Å². The van der Waals surface area contributed by atoms with Crippen molar-refractivity contribution in [2.45, 2.75) is 13.5 Å². The van der Waals surface area contributed by atoms with E-state index in [1.165, 1.54) is 0 Å². The molecule has 2 rings (SSSR count). The molecule has 0 saturated heterocycles. The molecule has 0 aliphatic heterocycles. The molecule has 18 heavy (non-hydrogen) atoms. The molecule has 0 spiro atoms. The molecule has 0 bridgehead atoms. The lowest BCUT2D eigenvalue weighted by atomic mass is 10.1. The van der Waals surface area contributed by atoms with Crippen molar-refractivity contribution in [1.29, 1.82) is 0 Å². The van der Waals surface area contributed by atoms with Crippen LogP contribution in [0.25, 0.3) is 11.3 Å². The standard InChI is InChI=1S/C14H18N2O2/c1-2-16(8-9-17)11-13-10-14(15-18-13)12-6-4-3-5-7-12/h3-7,10,17H,2,8-9,11H2,1H3. The van der Waals surface area contributed by atoms with Crippen LogP contribution in [0.15, 0.2) is 40.9 Å². The topological polar surface area (TPSA) is 49.5 Å². The number of rotatable bonds is 6. The lowest BCUT2D eigenvalue weighted by molar-refractivity contribution is 0.182. The van der Waals surface area contributed by atoms with Gasteiger partial charge in [0.05, 0.1) is 13.2 Å². The van der Waals surface area contributed by atoms with Crippen LogP contribution in [0.1, 0.15) is 12.7 Å². The van der Waals surface area contributed by atoms with E-state index in [2.05, 4.69) is 17.0 Å². The highest BCUT2D eigenvalue weighted by Gasteiger charge is 2.09. The van der Waals surface area contributed by atoms with Crippen molar-refractivity contribution >= 4 is 0 Å². The van der Waals surface area contributed by atoms with E-state index in [4.69, 9.17) is 9.63 Å². The molecule has 1 N–H and O–H groups in total. The molecule has 1 aromatic carbocycles. The Balaban J connectivity index is 2.06. The number of aromatic nitrogens is 1. The van der Waals surface area contributed by atoms with Crippen molar-refractivity contribution in [2.24, 2.45) is 0 Å². The van der Waals surface area contributed by atoms with E-state index < -0.39 is 0 Å². The zero-order valence-electron chi connectivity index (χ0n) is 10.5. The van der Waals surface area contributed by atoms with Gasteiger partial charge in [-0.15, -0.1) is 0 Å². The normalized spacial score (nSPS) is 11.1. The summed E-state index contributed by atoms with van der Waals surface area (Å²) in [6.07, 6.45) is 0. The molecule has 0 amide bonds. The van der Waals surface area contributed by atoms with Crippen molar-refractivity contribution in [1.82, 2.24) is 10.1 Å². The summed E-state index contributed by atoms with van der Waals surface area (Å²) >= 11 is 0. The summed E-state index contributed by atoms with van der Waals surface area (Å²) in [5, 5.41) is 13.0. The maximum atomic E-state index is 8.94. The van der Waals surface area contributed by atoms with Gasteiger partial charge in [-0.1, -0.05) is 42.4 Å². The van der Waals surface area contributed by atoms with Crippen molar-refractivity contribution in [2.75, 3.05) is 19.7 Å². The minimum atomic E-state index is 0.160. The fourth-order valence-corrected chi connectivity index (χ4v) is 1.84. The quantitative estimate of drug-likeness (QED) is 0.848. The van der Waals surface area contributed by atoms with Crippen LogP contribution in [0.2, 0.25) is 0 Å². The van der Waals surface area contributed by atoms with E-state index in [9.17, 15) is 0 Å². The average molecular weight is 246 g/mol. The van der Waals surface area contributed by atoms with E-state index >= 15 is 0 Å². The van der Waals surface area contributed by atoms with E-state index in [1.807, 2.05) is 36.4 Å². The lowest BCUT2D eigenvalue weighted by Gasteiger charge is -2.16. The summed E-state index contributed by atoms with van der Waals surface area (Å²) in [5.74, 6) is 0.823. The first kappa shape index (κ1) is 12.8. The van der Waals surface area contributed by atoms with Crippen LogP contribution < -0.4 is 0 Å². The molecule has 0 fully saturated rings. The monoisotopic (exact) mass is 246 g/mol. The fourth-order valence-electron chi connectivity index (χ4n) is 1.84. The summed E-state index contributed by atoms with van der Waals surface area (Å²) in [6.45, 7) is 4.42. The minimum Gasteiger partial charge on any atom is -0.395 e. The molecule has 0 radical (unpaired) electrons. The Hall–Kier alpha value is -1.65. The second-order valence-electron chi connectivity index (χ2n) is 4.14. The van der Waals surface area contributed by atoms with Gasteiger partial charge < -0.3 is 9.63 Å². The molecule has 0 atom stereocenters. The van der Waals surface area contributed by atoms with Crippen LogP contribution in [-0.4, -0.2) is 34.9 Å². The predicted molar refractivity (Wildman–Crippen MR) is 70.0 cm³/mol. The zero-order valence-corrected chi connectivity index (χ0v) is 10.5. The second kappa shape index (κ2) is 6.33. The number of aliphatic hydroxyl groups excluding tert-OH is 1. The minimum absolute atomic E-state index is 0.160.